The lowest BCUT2D eigenvalue weighted by atomic mass is 9.95. The molecule has 8 heteroatoms. The van der Waals surface area contributed by atoms with Crippen molar-refractivity contribution in [3.63, 3.8) is 0 Å². The average molecular weight is 499 g/mol. The largest absolute Gasteiger partial charge is 0.507 e. The quantitative estimate of drug-likeness (QED) is 0.210. The monoisotopic (exact) mass is 498 g/mol. The lowest BCUT2D eigenvalue weighted by Crippen LogP contribution is -2.29. The van der Waals surface area contributed by atoms with Crippen LogP contribution in [0.1, 0.15) is 22.7 Å². The summed E-state index contributed by atoms with van der Waals surface area (Å²) in [5.41, 5.74) is 2.01. The van der Waals surface area contributed by atoms with E-state index in [1.807, 2.05) is 36.4 Å². The normalized spacial score (nSPS) is 16.8. The summed E-state index contributed by atoms with van der Waals surface area (Å²) in [6.07, 6.45) is 1.57. The first-order valence-electron chi connectivity index (χ1n) is 11.2. The summed E-state index contributed by atoms with van der Waals surface area (Å²) in [6, 6.07) is 22.7. The minimum Gasteiger partial charge on any atom is -0.507 e. The third-order valence-corrected chi connectivity index (χ3v) is 6.63. The molecular weight excluding hydrogens is 476 g/mol. The molecule has 1 fully saturated rings. The summed E-state index contributed by atoms with van der Waals surface area (Å²) < 4.78 is 11.2. The topological polar surface area (TPSA) is 89.0 Å². The predicted molar refractivity (Wildman–Crippen MR) is 137 cm³/mol. The molecule has 1 atom stereocenters. The molecule has 1 aromatic heterocycles. The number of Topliss-reactive ketones (excluding diaryl/α,β-unsaturated/α-hetero) is 1. The van der Waals surface area contributed by atoms with Gasteiger partial charge in [0.05, 0.1) is 18.7 Å². The number of benzene rings is 3. The molecule has 5 rings (SSSR count). The number of aliphatic hydroxyl groups excluding tert-OH is 1. The van der Waals surface area contributed by atoms with Crippen LogP contribution in [0.3, 0.4) is 0 Å². The Hall–Kier alpha value is -4.43. The molecule has 0 spiro atoms. The zero-order valence-electron chi connectivity index (χ0n) is 19.3. The Labute approximate surface area is 211 Å². The molecule has 0 saturated carbocycles. The van der Waals surface area contributed by atoms with Crippen molar-refractivity contribution >= 4 is 33.9 Å². The summed E-state index contributed by atoms with van der Waals surface area (Å²) in [5.74, 6) is -0.615. The highest BCUT2D eigenvalue weighted by molar-refractivity contribution is 7.14. The van der Waals surface area contributed by atoms with Crippen molar-refractivity contribution in [2.75, 3.05) is 12.0 Å². The SMILES string of the molecule is COc1ccc(/C(O)=C2\C(=O)C(=O)N(c3nccs3)C2c2cccc(OCc3ccccc3)c2)cc1. The number of ether oxygens (including phenoxy) is 2. The smallest absolute Gasteiger partial charge is 0.301 e. The lowest BCUT2D eigenvalue weighted by molar-refractivity contribution is -0.132. The average Bonchev–Trinajstić information content (AvgIpc) is 3.54. The van der Waals surface area contributed by atoms with E-state index in [1.165, 1.54) is 16.2 Å². The summed E-state index contributed by atoms with van der Waals surface area (Å²) in [6.45, 7) is 0.364. The number of hydrogen-bond acceptors (Lipinski definition) is 7. The zero-order chi connectivity index (χ0) is 25.1. The molecule has 0 aliphatic carbocycles. The minimum atomic E-state index is -0.876. The number of aromatic nitrogens is 1. The number of rotatable bonds is 7. The van der Waals surface area contributed by atoms with Gasteiger partial charge in [-0.1, -0.05) is 42.5 Å². The maximum atomic E-state index is 13.2. The predicted octanol–water partition coefficient (Wildman–Crippen LogP) is 5.36. The van der Waals surface area contributed by atoms with Crippen LogP contribution in [-0.4, -0.2) is 28.9 Å². The van der Waals surface area contributed by atoms with Gasteiger partial charge in [-0.15, -0.1) is 11.3 Å². The van der Waals surface area contributed by atoms with E-state index in [0.717, 1.165) is 5.56 Å². The second kappa shape index (κ2) is 10.1. The van der Waals surface area contributed by atoms with Crippen LogP contribution in [-0.2, 0) is 16.2 Å². The number of aliphatic hydroxyl groups is 1. The van der Waals surface area contributed by atoms with Crippen molar-refractivity contribution in [1.29, 1.82) is 0 Å². The van der Waals surface area contributed by atoms with Crippen molar-refractivity contribution in [2.45, 2.75) is 12.6 Å². The zero-order valence-corrected chi connectivity index (χ0v) is 20.1. The summed E-state index contributed by atoms with van der Waals surface area (Å²) >= 11 is 1.24. The molecule has 2 heterocycles. The maximum absolute atomic E-state index is 13.2. The van der Waals surface area contributed by atoms with Crippen LogP contribution in [0.4, 0.5) is 5.13 Å². The second-order valence-electron chi connectivity index (χ2n) is 8.06. The van der Waals surface area contributed by atoms with Gasteiger partial charge in [0, 0.05) is 17.1 Å². The summed E-state index contributed by atoms with van der Waals surface area (Å²) in [7, 11) is 1.54. The van der Waals surface area contributed by atoms with Crippen LogP contribution in [0.25, 0.3) is 5.76 Å². The number of carbonyl (C=O) groups excluding carboxylic acids is 2. The van der Waals surface area contributed by atoms with E-state index in [0.29, 0.717) is 34.4 Å². The van der Waals surface area contributed by atoms with Crippen molar-refractivity contribution in [2.24, 2.45) is 0 Å². The molecule has 180 valence electrons. The van der Waals surface area contributed by atoms with Crippen LogP contribution in [0.15, 0.2) is 96.0 Å². The number of thiazole rings is 1. The van der Waals surface area contributed by atoms with Gasteiger partial charge in [-0.3, -0.25) is 14.5 Å². The molecule has 1 unspecified atom stereocenters. The molecule has 0 radical (unpaired) electrons. The van der Waals surface area contributed by atoms with E-state index >= 15 is 0 Å². The highest BCUT2D eigenvalue weighted by Gasteiger charge is 2.48. The first kappa shape index (κ1) is 23.3. The number of carbonyl (C=O) groups is 2. The van der Waals surface area contributed by atoms with Gasteiger partial charge in [0.2, 0.25) is 0 Å². The molecule has 1 N–H and O–H groups in total. The summed E-state index contributed by atoms with van der Waals surface area (Å²) in [4.78, 5) is 32.0. The second-order valence-corrected chi connectivity index (χ2v) is 8.93. The number of anilines is 1. The Morgan fingerprint density at radius 2 is 1.78 bits per heavy atom. The first-order valence-corrected chi connectivity index (χ1v) is 12.1. The number of hydrogen-bond donors (Lipinski definition) is 1. The Bertz CT molecular complexity index is 1420. The number of ketones is 1. The fourth-order valence-electron chi connectivity index (χ4n) is 4.10. The third-order valence-electron chi connectivity index (χ3n) is 5.86. The van der Waals surface area contributed by atoms with Gasteiger partial charge in [0.15, 0.2) is 5.13 Å². The third kappa shape index (κ3) is 4.46. The molecule has 3 aromatic carbocycles. The van der Waals surface area contributed by atoms with E-state index in [9.17, 15) is 14.7 Å². The number of methoxy groups -OCH3 is 1. The van der Waals surface area contributed by atoms with Crippen molar-refractivity contribution < 1.29 is 24.2 Å². The van der Waals surface area contributed by atoms with Gasteiger partial charge in [-0.05, 0) is 47.5 Å². The fraction of sp³-hybridized carbons (Fsp3) is 0.107. The maximum Gasteiger partial charge on any atom is 0.301 e. The molecule has 36 heavy (non-hydrogen) atoms. The molecule has 1 amide bonds. The van der Waals surface area contributed by atoms with Gasteiger partial charge < -0.3 is 14.6 Å². The molecule has 1 aliphatic rings. The highest BCUT2D eigenvalue weighted by Crippen LogP contribution is 2.43. The molecule has 1 saturated heterocycles. The fourth-order valence-corrected chi connectivity index (χ4v) is 4.77. The van der Waals surface area contributed by atoms with Crippen LogP contribution < -0.4 is 14.4 Å². The standard InChI is InChI=1S/C28H22N2O5S/c1-34-21-12-10-19(11-13-21)25(31)23-24(30(27(33)26(23)32)28-29-14-15-36-28)20-8-5-9-22(16-20)35-17-18-6-3-2-4-7-18/h2-16,24,31H,17H2,1H3/b25-23+. The van der Waals surface area contributed by atoms with E-state index in [1.54, 1.807) is 61.2 Å². The Morgan fingerprint density at radius 3 is 2.47 bits per heavy atom. The van der Waals surface area contributed by atoms with E-state index < -0.39 is 17.7 Å². The Kier molecular flexibility index (Phi) is 6.51. The number of amides is 1. The lowest BCUT2D eigenvalue weighted by Gasteiger charge is -2.23. The van der Waals surface area contributed by atoms with Crippen LogP contribution >= 0.6 is 11.3 Å². The van der Waals surface area contributed by atoms with Gasteiger partial charge in [0.1, 0.15) is 23.9 Å². The van der Waals surface area contributed by atoms with Crippen molar-refractivity contribution in [3.05, 3.63) is 113 Å². The molecular formula is C28H22N2O5S. The highest BCUT2D eigenvalue weighted by atomic mass is 32.1. The van der Waals surface area contributed by atoms with E-state index in [-0.39, 0.29) is 11.3 Å². The number of nitrogens with zero attached hydrogens (tertiary/aromatic N) is 2. The van der Waals surface area contributed by atoms with Gasteiger partial charge in [-0.25, -0.2) is 4.98 Å². The first-order chi connectivity index (χ1) is 17.6. The molecule has 4 aromatic rings. The van der Waals surface area contributed by atoms with E-state index in [4.69, 9.17) is 9.47 Å². The van der Waals surface area contributed by atoms with Gasteiger partial charge in [-0.2, -0.15) is 0 Å². The minimum absolute atomic E-state index is 0.0134. The van der Waals surface area contributed by atoms with Crippen molar-refractivity contribution in [1.82, 2.24) is 4.98 Å². The van der Waals surface area contributed by atoms with Crippen molar-refractivity contribution in [3.8, 4) is 11.5 Å². The van der Waals surface area contributed by atoms with Crippen LogP contribution in [0.5, 0.6) is 11.5 Å². The molecule has 1 aliphatic heterocycles. The van der Waals surface area contributed by atoms with Crippen LogP contribution in [0.2, 0.25) is 0 Å². The van der Waals surface area contributed by atoms with Crippen LogP contribution in [0, 0.1) is 0 Å². The Balaban J connectivity index is 1.57. The summed E-state index contributed by atoms with van der Waals surface area (Å²) in [5, 5.41) is 13.3. The van der Waals surface area contributed by atoms with Gasteiger partial charge in [0.25, 0.3) is 5.78 Å². The molecule has 0 bridgehead atoms. The Morgan fingerprint density at radius 1 is 1.00 bits per heavy atom. The molecule has 7 nitrogen and oxygen atoms in total. The van der Waals surface area contributed by atoms with Gasteiger partial charge >= 0.3 is 5.91 Å². The van der Waals surface area contributed by atoms with E-state index in [2.05, 4.69) is 4.98 Å².